The molecule has 2 aromatic carbocycles. The number of hydrogen-bond donors (Lipinski definition) is 0. The van der Waals surface area contributed by atoms with Crippen LogP contribution in [0.15, 0.2) is 43.0 Å². The Morgan fingerprint density at radius 2 is 1.52 bits per heavy atom. The summed E-state index contributed by atoms with van der Waals surface area (Å²) in [6.07, 6.45) is -8.98. The lowest BCUT2D eigenvalue weighted by Gasteiger charge is -2.22. The summed E-state index contributed by atoms with van der Waals surface area (Å²) in [6.45, 7) is 8.40. The molecule has 0 amide bonds. The Labute approximate surface area is 176 Å². The molecule has 3 nitrogen and oxygen atoms in total. The monoisotopic (exact) mass is 466 g/mol. The standard InChI is InChI=1S/C21H21F6O3P/c1-5-14-9-17(7-8-19(14)30-13(3)4)31(28,29-6-2)18-11-15(20(22,23)24)10-16(12-18)21(25,26)27/h5,7-13H,1,6H2,2-4H3/t31-/m1/s1. The Morgan fingerprint density at radius 3 is 1.94 bits per heavy atom. The summed E-state index contributed by atoms with van der Waals surface area (Å²) >= 11 is 0. The van der Waals surface area contributed by atoms with Crippen LogP contribution in [-0.4, -0.2) is 12.7 Å². The summed E-state index contributed by atoms with van der Waals surface area (Å²) in [5.74, 6) is 0.372. The van der Waals surface area contributed by atoms with Gasteiger partial charge in [-0.15, -0.1) is 0 Å². The zero-order valence-corrected chi connectivity index (χ0v) is 17.9. The Bertz CT molecular complexity index is 963. The maximum atomic E-state index is 13.7. The third-order valence-corrected chi connectivity index (χ3v) is 6.66. The van der Waals surface area contributed by atoms with Gasteiger partial charge in [0.25, 0.3) is 7.37 Å². The Balaban J connectivity index is 2.77. The molecule has 0 heterocycles. The predicted molar refractivity (Wildman–Crippen MR) is 107 cm³/mol. The van der Waals surface area contributed by atoms with Gasteiger partial charge in [-0.3, -0.25) is 4.57 Å². The lowest BCUT2D eigenvalue weighted by Crippen LogP contribution is -2.23. The SMILES string of the molecule is C=Cc1cc([P@@](=O)(OCC)c2cc(C(F)(F)F)cc(C(F)(F)F)c2)ccc1OC(C)C. The van der Waals surface area contributed by atoms with E-state index in [1.165, 1.54) is 31.2 Å². The molecule has 0 aliphatic rings. The third kappa shape index (κ3) is 5.71. The summed E-state index contributed by atoms with van der Waals surface area (Å²) in [6, 6.07) is 4.89. The molecular formula is C21H21F6O3P. The van der Waals surface area contributed by atoms with Crippen LogP contribution in [0.4, 0.5) is 26.3 Å². The van der Waals surface area contributed by atoms with E-state index in [0.29, 0.717) is 23.4 Å². The molecule has 170 valence electrons. The average molecular weight is 466 g/mol. The Kier molecular flexibility index (Phi) is 7.33. The number of hydrogen-bond acceptors (Lipinski definition) is 3. The minimum atomic E-state index is -5.08. The Morgan fingerprint density at radius 1 is 0.968 bits per heavy atom. The van der Waals surface area contributed by atoms with Crippen LogP contribution in [0.2, 0.25) is 0 Å². The second kappa shape index (κ2) is 9.09. The largest absolute Gasteiger partial charge is 0.490 e. The number of rotatable bonds is 7. The molecule has 0 fully saturated rings. The molecule has 2 rings (SSSR count). The molecule has 1 atom stereocenters. The van der Waals surface area contributed by atoms with E-state index >= 15 is 0 Å². The quantitative estimate of drug-likeness (QED) is 0.349. The van der Waals surface area contributed by atoms with Crippen molar-refractivity contribution < 1.29 is 40.2 Å². The molecule has 0 saturated carbocycles. The molecule has 10 heteroatoms. The van der Waals surface area contributed by atoms with E-state index in [-0.39, 0.29) is 24.1 Å². The minimum Gasteiger partial charge on any atom is -0.490 e. The molecule has 0 N–H and O–H groups in total. The van der Waals surface area contributed by atoms with Crippen molar-refractivity contribution in [3.8, 4) is 5.75 Å². The van der Waals surface area contributed by atoms with E-state index < -0.39 is 36.2 Å². The van der Waals surface area contributed by atoms with Gasteiger partial charge in [-0.05, 0) is 57.2 Å². The van der Waals surface area contributed by atoms with Crippen molar-refractivity contribution in [2.24, 2.45) is 0 Å². The second-order valence-electron chi connectivity index (χ2n) is 6.83. The van der Waals surface area contributed by atoms with Crippen LogP contribution >= 0.6 is 7.37 Å². The van der Waals surface area contributed by atoms with Gasteiger partial charge in [0.1, 0.15) is 5.75 Å². The molecule has 0 unspecified atom stereocenters. The van der Waals surface area contributed by atoms with Crippen LogP contribution in [0.5, 0.6) is 5.75 Å². The minimum absolute atomic E-state index is 0.0193. The highest BCUT2D eigenvalue weighted by Crippen LogP contribution is 2.47. The summed E-state index contributed by atoms with van der Waals surface area (Å²) in [5, 5.41) is -0.781. The van der Waals surface area contributed by atoms with Crippen LogP contribution in [0.1, 0.15) is 37.5 Å². The van der Waals surface area contributed by atoms with Gasteiger partial charge in [0.2, 0.25) is 0 Å². The van der Waals surface area contributed by atoms with E-state index in [0.717, 1.165) is 0 Å². The van der Waals surface area contributed by atoms with Crippen LogP contribution in [0, 0.1) is 0 Å². The molecule has 0 saturated heterocycles. The molecule has 0 spiro atoms. The fraction of sp³-hybridized carbons (Fsp3) is 0.333. The van der Waals surface area contributed by atoms with Gasteiger partial charge in [-0.2, -0.15) is 26.3 Å². The molecule has 0 aliphatic heterocycles. The second-order valence-corrected chi connectivity index (χ2v) is 9.22. The summed E-state index contributed by atoms with van der Waals surface area (Å²) in [5.41, 5.74) is -2.77. The highest BCUT2D eigenvalue weighted by atomic mass is 31.2. The van der Waals surface area contributed by atoms with Crippen LogP contribution < -0.4 is 15.3 Å². The maximum absolute atomic E-state index is 13.7. The van der Waals surface area contributed by atoms with Gasteiger partial charge in [0.05, 0.1) is 23.8 Å². The van der Waals surface area contributed by atoms with Crippen LogP contribution in [-0.2, 0) is 21.4 Å². The predicted octanol–water partition coefficient (Wildman–Crippen LogP) is 6.42. The Hall–Kier alpha value is -2.25. The number of halogens is 6. The first-order valence-electron chi connectivity index (χ1n) is 9.20. The van der Waals surface area contributed by atoms with Crippen molar-refractivity contribution in [1.82, 2.24) is 0 Å². The number of benzene rings is 2. The highest BCUT2D eigenvalue weighted by Gasteiger charge is 2.40. The first kappa shape index (κ1) is 25.0. The van der Waals surface area contributed by atoms with E-state index in [9.17, 15) is 30.9 Å². The van der Waals surface area contributed by atoms with Crippen LogP contribution in [0.25, 0.3) is 6.08 Å². The van der Waals surface area contributed by atoms with Gasteiger partial charge in [0.15, 0.2) is 0 Å². The van der Waals surface area contributed by atoms with Gasteiger partial charge < -0.3 is 9.26 Å². The smallest absolute Gasteiger partial charge is 0.416 e. The number of alkyl halides is 6. The van der Waals surface area contributed by atoms with Crippen molar-refractivity contribution in [1.29, 1.82) is 0 Å². The zero-order chi connectivity index (χ0) is 23.6. The lowest BCUT2D eigenvalue weighted by molar-refractivity contribution is -0.142. The fourth-order valence-electron chi connectivity index (χ4n) is 2.83. The molecule has 0 aromatic heterocycles. The average Bonchev–Trinajstić information content (AvgIpc) is 2.66. The van der Waals surface area contributed by atoms with Crippen molar-refractivity contribution in [3.63, 3.8) is 0 Å². The van der Waals surface area contributed by atoms with Crippen molar-refractivity contribution >= 4 is 24.1 Å². The lowest BCUT2D eigenvalue weighted by atomic mass is 10.1. The summed E-state index contributed by atoms with van der Waals surface area (Å²) < 4.78 is 104. The first-order chi connectivity index (χ1) is 14.2. The van der Waals surface area contributed by atoms with Crippen molar-refractivity contribution in [3.05, 3.63) is 59.7 Å². The van der Waals surface area contributed by atoms with Gasteiger partial charge in [0, 0.05) is 16.2 Å². The molecular weight excluding hydrogens is 445 g/mol. The zero-order valence-electron chi connectivity index (χ0n) is 17.0. The molecule has 0 radical (unpaired) electrons. The van der Waals surface area contributed by atoms with E-state index in [4.69, 9.17) is 9.26 Å². The maximum Gasteiger partial charge on any atom is 0.416 e. The number of ether oxygens (including phenoxy) is 1. The molecule has 2 aromatic rings. The first-order valence-corrected chi connectivity index (χ1v) is 10.8. The van der Waals surface area contributed by atoms with Crippen molar-refractivity contribution in [2.45, 2.75) is 39.2 Å². The topological polar surface area (TPSA) is 35.5 Å². The highest BCUT2D eigenvalue weighted by molar-refractivity contribution is 7.74. The van der Waals surface area contributed by atoms with E-state index in [1.807, 2.05) is 0 Å². The van der Waals surface area contributed by atoms with E-state index in [1.54, 1.807) is 13.8 Å². The third-order valence-electron chi connectivity index (χ3n) is 4.14. The normalized spacial score (nSPS) is 14.4. The van der Waals surface area contributed by atoms with Gasteiger partial charge in [-0.1, -0.05) is 12.7 Å². The summed E-state index contributed by atoms with van der Waals surface area (Å²) in [4.78, 5) is 0. The van der Waals surface area contributed by atoms with Gasteiger partial charge in [-0.25, -0.2) is 0 Å². The molecule has 0 aliphatic carbocycles. The fourth-order valence-corrected chi connectivity index (χ4v) is 4.99. The van der Waals surface area contributed by atoms with E-state index in [2.05, 4.69) is 6.58 Å². The van der Waals surface area contributed by atoms with Gasteiger partial charge >= 0.3 is 12.4 Å². The molecule has 0 bridgehead atoms. The van der Waals surface area contributed by atoms with Crippen LogP contribution in [0.3, 0.4) is 0 Å². The summed E-state index contributed by atoms with van der Waals surface area (Å²) in [7, 11) is -4.31. The van der Waals surface area contributed by atoms with Crippen molar-refractivity contribution in [2.75, 3.05) is 6.61 Å². The molecule has 31 heavy (non-hydrogen) atoms.